The van der Waals surface area contributed by atoms with Crippen molar-refractivity contribution in [2.24, 2.45) is 4.99 Å². The Hall–Kier alpha value is -2.36. The van der Waals surface area contributed by atoms with Crippen molar-refractivity contribution in [3.8, 4) is 5.75 Å². The molecule has 0 aliphatic heterocycles. The van der Waals surface area contributed by atoms with Crippen molar-refractivity contribution in [1.29, 1.82) is 0 Å². The topological polar surface area (TPSA) is 66.0 Å². The summed E-state index contributed by atoms with van der Waals surface area (Å²) in [5.74, 6) is 1.05. The van der Waals surface area contributed by atoms with E-state index < -0.39 is 0 Å². The molecular formula is C21H28FIN4O2. The van der Waals surface area contributed by atoms with Gasteiger partial charge in [-0.3, -0.25) is 4.79 Å². The van der Waals surface area contributed by atoms with Crippen LogP contribution in [0.1, 0.15) is 11.1 Å². The molecule has 0 heterocycles. The Labute approximate surface area is 188 Å². The number of aliphatic imine (C=N–C) groups is 1. The lowest BCUT2D eigenvalue weighted by molar-refractivity contribution is -0.127. The molecule has 0 aromatic heterocycles. The Bertz CT molecular complexity index is 780. The zero-order chi connectivity index (χ0) is 20.4. The number of amides is 1. The number of methoxy groups -OCH3 is 1. The minimum atomic E-state index is -0.248. The molecule has 0 saturated heterocycles. The van der Waals surface area contributed by atoms with E-state index in [2.05, 4.69) is 15.6 Å². The molecule has 0 unspecified atom stereocenters. The second-order valence-corrected chi connectivity index (χ2v) is 6.46. The van der Waals surface area contributed by atoms with Crippen molar-refractivity contribution in [2.75, 3.05) is 34.3 Å². The summed E-state index contributed by atoms with van der Waals surface area (Å²) in [6.07, 6.45) is 0.713. The quantitative estimate of drug-likeness (QED) is 0.323. The fraction of sp³-hybridized carbons (Fsp3) is 0.333. The highest BCUT2D eigenvalue weighted by Crippen LogP contribution is 2.11. The summed E-state index contributed by atoms with van der Waals surface area (Å²) in [5, 5.41) is 6.27. The number of benzene rings is 2. The summed E-state index contributed by atoms with van der Waals surface area (Å²) in [4.78, 5) is 17.9. The first kappa shape index (κ1) is 24.7. The van der Waals surface area contributed by atoms with E-state index in [1.165, 1.54) is 17.0 Å². The van der Waals surface area contributed by atoms with Crippen molar-refractivity contribution in [3.63, 3.8) is 0 Å². The van der Waals surface area contributed by atoms with E-state index in [1.807, 2.05) is 24.3 Å². The van der Waals surface area contributed by atoms with Gasteiger partial charge in [-0.2, -0.15) is 0 Å². The van der Waals surface area contributed by atoms with E-state index in [4.69, 9.17) is 4.74 Å². The van der Waals surface area contributed by atoms with Gasteiger partial charge in [-0.15, -0.1) is 24.0 Å². The highest BCUT2D eigenvalue weighted by Gasteiger charge is 2.06. The maximum atomic E-state index is 13.0. The van der Waals surface area contributed by atoms with Gasteiger partial charge in [0.15, 0.2) is 5.96 Å². The van der Waals surface area contributed by atoms with E-state index in [-0.39, 0.29) is 42.2 Å². The zero-order valence-electron chi connectivity index (χ0n) is 16.9. The third kappa shape index (κ3) is 9.12. The standard InChI is InChI=1S/C21H27FN4O2.HI/c1-26(2)20(27)15-25-21(23-13-12-16-4-8-18(22)9-5-16)24-14-17-6-10-19(28-3)11-7-17;/h4-11H,12-15H2,1-3H3,(H2,23,24,25);1H. The molecule has 0 aliphatic carbocycles. The van der Waals surface area contributed by atoms with Gasteiger partial charge in [0, 0.05) is 20.6 Å². The first-order valence-electron chi connectivity index (χ1n) is 9.07. The number of hydrogen-bond acceptors (Lipinski definition) is 3. The summed E-state index contributed by atoms with van der Waals surface area (Å²) in [6, 6.07) is 14.1. The molecule has 0 fully saturated rings. The van der Waals surface area contributed by atoms with E-state index in [0.717, 1.165) is 16.9 Å². The highest BCUT2D eigenvalue weighted by atomic mass is 127. The molecule has 29 heavy (non-hydrogen) atoms. The summed E-state index contributed by atoms with van der Waals surface area (Å²) >= 11 is 0. The predicted molar refractivity (Wildman–Crippen MR) is 124 cm³/mol. The third-order valence-corrected chi connectivity index (χ3v) is 4.10. The van der Waals surface area contributed by atoms with Gasteiger partial charge in [0.2, 0.25) is 5.91 Å². The fourth-order valence-corrected chi connectivity index (χ4v) is 2.37. The van der Waals surface area contributed by atoms with Gasteiger partial charge in [-0.1, -0.05) is 24.3 Å². The Morgan fingerprint density at radius 3 is 2.24 bits per heavy atom. The predicted octanol–water partition coefficient (Wildman–Crippen LogP) is 2.82. The van der Waals surface area contributed by atoms with Crippen LogP contribution in [0.15, 0.2) is 53.5 Å². The first-order chi connectivity index (χ1) is 13.5. The van der Waals surface area contributed by atoms with Crippen LogP contribution in [-0.2, 0) is 17.8 Å². The van der Waals surface area contributed by atoms with Gasteiger partial charge < -0.3 is 20.3 Å². The number of ether oxygens (including phenoxy) is 1. The Morgan fingerprint density at radius 2 is 1.66 bits per heavy atom. The number of likely N-dealkylation sites (N-methyl/N-ethyl adjacent to an activating group) is 1. The second kappa shape index (κ2) is 13.0. The zero-order valence-corrected chi connectivity index (χ0v) is 19.3. The van der Waals surface area contributed by atoms with Crippen LogP contribution in [0.2, 0.25) is 0 Å². The molecule has 2 rings (SSSR count). The molecule has 0 aliphatic rings. The molecule has 0 bridgehead atoms. The number of nitrogens with one attached hydrogen (secondary N) is 2. The van der Waals surface area contributed by atoms with Crippen molar-refractivity contribution < 1.29 is 13.9 Å². The molecule has 0 spiro atoms. The van der Waals surface area contributed by atoms with Crippen molar-refractivity contribution in [3.05, 3.63) is 65.5 Å². The van der Waals surface area contributed by atoms with Crippen LogP contribution in [0.25, 0.3) is 0 Å². The number of carbonyl (C=O) groups excluding carboxylic acids is 1. The first-order valence-corrected chi connectivity index (χ1v) is 9.07. The summed E-state index contributed by atoms with van der Waals surface area (Å²) in [5.41, 5.74) is 2.05. The number of nitrogens with zero attached hydrogens (tertiary/aromatic N) is 2. The van der Waals surface area contributed by atoms with Gasteiger partial charge in [-0.25, -0.2) is 9.38 Å². The Balaban J connectivity index is 0.00000420. The summed E-state index contributed by atoms with van der Waals surface area (Å²) < 4.78 is 18.2. The van der Waals surface area contributed by atoms with Crippen molar-refractivity contribution >= 4 is 35.8 Å². The molecule has 2 N–H and O–H groups in total. The second-order valence-electron chi connectivity index (χ2n) is 6.46. The van der Waals surface area contributed by atoms with Crippen LogP contribution in [0.3, 0.4) is 0 Å². The van der Waals surface area contributed by atoms with Gasteiger partial charge in [0.05, 0.1) is 20.2 Å². The molecule has 158 valence electrons. The lowest BCUT2D eigenvalue weighted by Crippen LogP contribution is -2.43. The number of halogens is 2. The van der Waals surface area contributed by atoms with Crippen LogP contribution < -0.4 is 15.4 Å². The van der Waals surface area contributed by atoms with Crippen LogP contribution in [0, 0.1) is 5.82 Å². The van der Waals surface area contributed by atoms with E-state index >= 15 is 0 Å². The number of guanidine groups is 1. The van der Waals surface area contributed by atoms with E-state index in [0.29, 0.717) is 25.5 Å². The van der Waals surface area contributed by atoms with Crippen molar-refractivity contribution in [2.45, 2.75) is 13.0 Å². The fourth-order valence-electron chi connectivity index (χ4n) is 2.37. The van der Waals surface area contributed by atoms with Gasteiger partial charge in [-0.05, 0) is 41.8 Å². The molecule has 8 heteroatoms. The van der Waals surface area contributed by atoms with Crippen LogP contribution >= 0.6 is 24.0 Å². The monoisotopic (exact) mass is 514 g/mol. The Kier molecular flexibility index (Phi) is 11.0. The van der Waals surface area contributed by atoms with E-state index in [1.54, 1.807) is 33.3 Å². The smallest absolute Gasteiger partial charge is 0.241 e. The molecule has 0 radical (unpaired) electrons. The molecule has 6 nitrogen and oxygen atoms in total. The number of carbonyl (C=O) groups is 1. The minimum absolute atomic E-state index is 0. The summed E-state index contributed by atoms with van der Waals surface area (Å²) in [7, 11) is 5.04. The number of hydrogen-bond donors (Lipinski definition) is 2. The molecule has 2 aromatic carbocycles. The maximum absolute atomic E-state index is 13.0. The normalized spacial score (nSPS) is 10.7. The lowest BCUT2D eigenvalue weighted by Gasteiger charge is -2.15. The van der Waals surface area contributed by atoms with Gasteiger partial charge in [0.1, 0.15) is 11.6 Å². The summed E-state index contributed by atoms with van der Waals surface area (Å²) in [6.45, 7) is 1.22. The SMILES string of the molecule is COc1ccc(CN=C(NCCc2ccc(F)cc2)NCC(=O)N(C)C)cc1.I. The minimum Gasteiger partial charge on any atom is -0.497 e. The average molecular weight is 514 g/mol. The maximum Gasteiger partial charge on any atom is 0.241 e. The van der Waals surface area contributed by atoms with Gasteiger partial charge >= 0.3 is 0 Å². The lowest BCUT2D eigenvalue weighted by atomic mass is 10.1. The van der Waals surface area contributed by atoms with Gasteiger partial charge in [0.25, 0.3) is 0 Å². The Morgan fingerprint density at radius 1 is 1.03 bits per heavy atom. The third-order valence-electron chi connectivity index (χ3n) is 4.10. The van der Waals surface area contributed by atoms with Crippen molar-refractivity contribution in [1.82, 2.24) is 15.5 Å². The molecule has 1 amide bonds. The average Bonchev–Trinajstić information content (AvgIpc) is 2.71. The van der Waals surface area contributed by atoms with E-state index in [9.17, 15) is 9.18 Å². The molecular weight excluding hydrogens is 486 g/mol. The molecule has 0 saturated carbocycles. The highest BCUT2D eigenvalue weighted by molar-refractivity contribution is 14.0. The van der Waals surface area contributed by atoms with Crippen LogP contribution in [0.4, 0.5) is 4.39 Å². The van der Waals surface area contributed by atoms with Crippen LogP contribution in [0.5, 0.6) is 5.75 Å². The number of rotatable bonds is 8. The molecule has 2 aromatic rings. The van der Waals surface area contributed by atoms with Crippen LogP contribution in [-0.4, -0.2) is 51.1 Å². The molecule has 0 atom stereocenters. The largest absolute Gasteiger partial charge is 0.497 e.